The number of nitrogens with one attached hydrogen (secondary N) is 3. The van der Waals surface area contributed by atoms with E-state index >= 15 is 0 Å². The van der Waals surface area contributed by atoms with Gasteiger partial charge < -0.3 is 10.6 Å². The number of fused-ring (bicyclic) bond motifs is 1. The van der Waals surface area contributed by atoms with Gasteiger partial charge in [-0.15, -0.1) is 11.3 Å². The monoisotopic (exact) mass is 376 g/mol. The fourth-order valence-corrected chi connectivity index (χ4v) is 3.59. The summed E-state index contributed by atoms with van der Waals surface area (Å²) in [4.78, 5) is 26.1. The Bertz CT molecular complexity index is 1130. The van der Waals surface area contributed by atoms with Crippen molar-refractivity contribution < 1.29 is 9.59 Å². The lowest BCUT2D eigenvalue weighted by atomic mass is 10.1. The summed E-state index contributed by atoms with van der Waals surface area (Å²) in [6, 6.07) is 18.3. The minimum absolute atomic E-state index is 0.208. The molecule has 0 saturated heterocycles. The number of aryl methyl sites for hydroxylation is 1. The second-order valence-electron chi connectivity index (χ2n) is 6.07. The first-order valence-electron chi connectivity index (χ1n) is 8.32. The maximum atomic E-state index is 12.5. The van der Waals surface area contributed by atoms with Gasteiger partial charge in [-0.1, -0.05) is 35.9 Å². The highest BCUT2D eigenvalue weighted by Gasteiger charge is 2.17. The molecule has 2 aromatic carbocycles. The van der Waals surface area contributed by atoms with Crippen molar-refractivity contribution in [3.8, 4) is 0 Å². The number of nitrogens with zero attached hydrogens (tertiary/aromatic N) is 1. The van der Waals surface area contributed by atoms with Gasteiger partial charge in [-0.3, -0.25) is 14.7 Å². The molecule has 134 valence electrons. The largest absolute Gasteiger partial charge is 0.321 e. The molecule has 2 aromatic heterocycles. The van der Waals surface area contributed by atoms with Gasteiger partial charge in [0.2, 0.25) is 0 Å². The number of thiophene rings is 1. The van der Waals surface area contributed by atoms with Crippen LogP contribution >= 0.6 is 11.3 Å². The first kappa shape index (κ1) is 17.0. The van der Waals surface area contributed by atoms with Crippen molar-refractivity contribution in [1.82, 2.24) is 10.2 Å². The smallest absolute Gasteiger partial charge is 0.265 e. The number of amides is 2. The quantitative estimate of drug-likeness (QED) is 0.492. The molecule has 2 amide bonds. The van der Waals surface area contributed by atoms with Crippen LogP contribution in [-0.4, -0.2) is 22.0 Å². The van der Waals surface area contributed by atoms with Crippen LogP contribution in [0.25, 0.3) is 10.2 Å². The van der Waals surface area contributed by atoms with E-state index in [2.05, 4.69) is 20.8 Å². The van der Waals surface area contributed by atoms with Crippen LogP contribution in [0.5, 0.6) is 0 Å². The Labute approximate surface area is 159 Å². The Kier molecular flexibility index (Phi) is 4.43. The molecule has 0 aliphatic carbocycles. The van der Waals surface area contributed by atoms with Crippen molar-refractivity contribution in [1.29, 1.82) is 0 Å². The second-order valence-corrected chi connectivity index (χ2v) is 7.10. The molecule has 0 fully saturated rings. The molecule has 0 atom stereocenters. The summed E-state index contributed by atoms with van der Waals surface area (Å²) in [5.41, 5.74) is 2.30. The first-order chi connectivity index (χ1) is 13.1. The van der Waals surface area contributed by atoms with E-state index in [0.29, 0.717) is 26.5 Å². The van der Waals surface area contributed by atoms with Gasteiger partial charge in [0, 0.05) is 11.3 Å². The van der Waals surface area contributed by atoms with E-state index in [1.165, 1.54) is 11.3 Å². The van der Waals surface area contributed by atoms with Crippen LogP contribution in [0.15, 0.2) is 60.7 Å². The minimum atomic E-state index is -0.231. The number of para-hydroxylation sites is 1. The lowest BCUT2D eigenvalue weighted by Gasteiger charge is -2.04. The summed E-state index contributed by atoms with van der Waals surface area (Å²) in [5, 5.41) is 13.4. The molecule has 0 bridgehead atoms. The average molecular weight is 376 g/mol. The lowest BCUT2D eigenvalue weighted by Crippen LogP contribution is -2.12. The summed E-state index contributed by atoms with van der Waals surface area (Å²) >= 11 is 1.27. The highest BCUT2D eigenvalue weighted by atomic mass is 32.1. The van der Waals surface area contributed by atoms with Gasteiger partial charge in [0.25, 0.3) is 11.8 Å². The van der Waals surface area contributed by atoms with Crippen LogP contribution in [0.2, 0.25) is 0 Å². The zero-order chi connectivity index (χ0) is 18.8. The molecule has 7 heteroatoms. The normalized spacial score (nSPS) is 10.7. The Balaban J connectivity index is 1.55. The summed E-state index contributed by atoms with van der Waals surface area (Å²) in [6.45, 7) is 1.93. The van der Waals surface area contributed by atoms with Crippen molar-refractivity contribution in [2.24, 2.45) is 0 Å². The number of aromatic nitrogens is 2. The number of H-pyrrole nitrogens is 1. The van der Waals surface area contributed by atoms with Crippen LogP contribution < -0.4 is 10.6 Å². The predicted octanol–water partition coefficient (Wildman–Crippen LogP) is 4.44. The zero-order valence-corrected chi connectivity index (χ0v) is 15.3. The number of hydrogen-bond acceptors (Lipinski definition) is 4. The summed E-state index contributed by atoms with van der Waals surface area (Å²) < 4.78 is 0. The number of carbonyl (C=O) groups excluding carboxylic acids is 2. The lowest BCUT2D eigenvalue weighted by molar-refractivity contribution is 0.102. The topological polar surface area (TPSA) is 86.9 Å². The molecule has 0 spiro atoms. The van der Waals surface area contributed by atoms with Gasteiger partial charge >= 0.3 is 0 Å². The number of aromatic amines is 1. The number of carbonyl (C=O) groups is 2. The SMILES string of the molecule is Cc1cccc(C(=O)Nc2[nH]nc3sc(C(=O)Nc4ccccc4)cc23)c1. The highest BCUT2D eigenvalue weighted by molar-refractivity contribution is 7.20. The molecule has 27 heavy (non-hydrogen) atoms. The molecule has 2 heterocycles. The third kappa shape index (κ3) is 3.58. The van der Waals surface area contributed by atoms with E-state index < -0.39 is 0 Å². The third-order valence-electron chi connectivity index (χ3n) is 4.03. The Morgan fingerprint density at radius 1 is 0.963 bits per heavy atom. The fourth-order valence-electron chi connectivity index (χ4n) is 2.70. The van der Waals surface area contributed by atoms with Crippen LogP contribution in [0.3, 0.4) is 0 Å². The second kappa shape index (κ2) is 7.05. The molecular formula is C20H16N4O2S. The maximum absolute atomic E-state index is 12.5. The minimum Gasteiger partial charge on any atom is -0.321 e. The van der Waals surface area contributed by atoms with Gasteiger partial charge in [-0.05, 0) is 37.3 Å². The molecular weight excluding hydrogens is 360 g/mol. The Morgan fingerprint density at radius 3 is 2.56 bits per heavy atom. The molecule has 4 rings (SSSR count). The standard InChI is InChI=1S/C20H16N4O2S/c1-12-6-5-7-13(10-12)18(25)22-17-15-11-16(27-20(15)24-23-17)19(26)21-14-8-3-2-4-9-14/h2-11H,1H3,(H,21,26)(H2,22,23,24,25). The van der Waals surface area contributed by atoms with E-state index in [4.69, 9.17) is 0 Å². The fraction of sp³-hybridized carbons (Fsp3) is 0.0500. The molecule has 0 saturated carbocycles. The van der Waals surface area contributed by atoms with Crippen molar-refractivity contribution in [2.45, 2.75) is 6.92 Å². The van der Waals surface area contributed by atoms with E-state index in [1.807, 2.05) is 55.5 Å². The third-order valence-corrected chi connectivity index (χ3v) is 5.05. The van der Waals surface area contributed by atoms with Crippen LogP contribution in [0.1, 0.15) is 25.6 Å². The van der Waals surface area contributed by atoms with Gasteiger partial charge in [0.05, 0.1) is 10.3 Å². The van der Waals surface area contributed by atoms with Crippen LogP contribution in [0.4, 0.5) is 11.5 Å². The number of hydrogen-bond donors (Lipinski definition) is 3. The molecule has 0 radical (unpaired) electrons. The first-order valence-corrected chi connectivity index (χ1v) is 9.14. The zero-order valence-electron chi connectivity index (χ0n) is 14.4. The van der Waals surface area contributed by atoms with Crippen molar-refractivity contribution in [2.75, 3.05) is 10.6 Å². The van der Waals surface area contributed by atoms with Gasteiger partial charge in [-0.25, -0.2) is 0 Å². The molecule has 0 aliphatic heterocycles. The summed E-state index contributed by atoms with van der Waals surface area (Å²) in [6.07, 6.45) is 0. The van der Waals surface area contributed by atoms with E-state index in [1.54, 1.807) is 12.1 Å². The van der Waals surface area contributed by atoms with E-state index in [-0.39, 0.29) is 11.8 Å². The van der Waals surface area contributed by atoms with E-state index in [9.17, 15) is 9.59 Å². The van der Waals surface area contributed by atoms with Gasteiger partial charge in [0.1, 0.15) is 10.6 Å². The van der Waals surface area contributed by atoms with Crippen LogP contribution in [-0.2, 0) is 0 Å². The highest BCUT2D eigenvalue weighted by Crippen LogP contribution is 2.30. The number of rotatable bonds is 4. The summed E-state index contributed by atoms with van der Waals surface area (Å²) in [5.74, 6) is 0.0393. The van der Waals surface area contributed by atoms with Gasteiger partial charge in [-0.2, -0.15) is 5.10 Å². The molecule has 3 N–H and O–H groups in total. The molecule has 4 aromatic rings. The van der Waals surface area contributed by atoms with Crippen LogP contribution in [0, 0.1) is 6.92 Å². The van der Waals surface area contributed by atoms with E-state index in [0.717, 1.165) is 11.3 Å². The van der Waals surface area contributed by atoms with Crippen molar-refractivity contribution in [3.05, 3.63) is 76.7 Å². The number of anilines is 2. The Morgan fingerprint density at radius 2 is 1.78 bits per heavy atom. The molecule has 0 aliphatic rings. The van der Waals surface area contributed by atoms with Crippen molar-refractivity contribution in [3.63, 3.8) is 0 Å². The molecule has 6 nitrogen and oxygen atoms in total. The maximum Gasteiger partial charge on any atom is 0.265 e. The predicted molar refractivity (Wildman–Crippen MR) is 107 cm³/mol. The van der Waals surface area contributed by atoms with Crippen molar-refractivity contribution >= 4 is 44.9 Å². The molecule has 0 unspecified atom stereocenters. The number of benzene rings is 2. The summed E-state index contributed by atoms with van der Waals surface area (Å²) in [7, 11) is 0. The average Bonchev–Trinajstić information content (AvgIpc) is 3.24. The van der Waals surface area contributed by atoms with Gasteiger partial charge in [0.15, 0.2) is 0 Å². The Hall–Kier alpha value is -3.45.